The van der Waals surface area contributed by atoms with E-state index in [-0.39, 0.29) is 42.1 Å². The van der Waals surface area contributed by atoms with Crippen LogP contribution >= 0.6 is 12.4 Å². The molecule has 0 fully saturated rings. The predicted octanol–water partition coefficient (Wildman–Crippen LogP) is 2.73. The van der Waals surface area contributed by atoms with Crippen LogP contribution < -0.4 is 10.5 Å². The van der Waals surface area contributed by atoms with E-state index in [1.165, 1.54) is 30.3 Å². The third-order valence-electron chi connectivity index (χ3n) is 2.45. The molecular weight excluding hydrogens is 317 g/mol. The van der Waals surface area contributed by atoms with E-state index in [0.29, 0.717) is 5.75 Å². The maximum atomic E-state index is 13.1. The highest BCUT2D eigenvalue weighted by Gasteiger charge is 2.16. The minimum absolute atomic E-state index is 0. The van der Waals surface area contributed by atoms with Gasteiger partial charge in [-0.25, -0.2) is 12.8 Å². The molecule has 0 atom stereocenters. The van der Waals surface area contributed by atoms with Crippen molar-refractivity contribution in [3.05, 3.63) is 36.2 Å². The summed E-state index contributed by atoms with van der Waals surface area (Å²) in [4.78, 5) is 0.247. The Morgan fingerprint density at radius 2 is 1.90 bits per heavy atom. The van der Waals surface area contributed by atoms with Crippen molar-refractivity contribution in [3.63, 3.8) is 0 Å². The number of hydrogen-bond acceptors (Lipinski definition) is 4. The average molecular weight is 338 g/mol. The van der Waals surface area contributed by atoms with E-state index in [0.717, 1.165) is 0 Å². The molecule has 0 aliphatic heterocycles. The molecule has 0 spiro atoms. The molecule has 1 aromatic carbocycles. The van der Waals surface area contributed by atoms with Gasteiger partial charge in [-0.3, -0.25) is 0 Å². The Bertz CT molecular complexity index is 556. The lowest BCUT2D eigenvalue weighted by atomic mass is 10.3. The highest BCUT2D eigenvalue weighted by molar-refractivity contribution is 7.91. The lowest BCUT2D eigenvalue weighted by Crippen LogP contribution is -2.11. The van der Waals surface area contributed by atoms with Crippen LogP contribution in [0, 0.1) is 5.92 Å². The third-order valence-corrected chi connectivity index (χ3v) is 4.55. The molecule has 0 amide bonds. The molecule has 0 aliphatic rings. The highest BCUT2D eigenvalue weighted by atomic mass is 35.5. The summed E-state index contributed by atoms with van der Waals surface area (Å²) in [6.07, 6.45) is 1.22. The first-order valence-corrected chi connectivity index (χ1v) is 8.00. The molecule has 0 aromatic heterocycles. The molecule has 4 nitrogen and oxygen atoms in total. The number of ether oxygens (including phenoxy) is 1. The number of hydrogen-bond donors (Lipinski definition) is 1. The molecule has 0 saturated heterocycles. The van der Waals surface area contributed by atoms with Gasteiger partial charge in [0, 0.05) is 6.54 Å². The van der Waals surface area contributed by atoms with E-state index in [1.54, 1.807) is 0 Å². The zero-order valence-corrected chi connectivity index (χ0v) is 13.7. The summed E-state index contributed by atoms with van der Waals surface area (Å²) in [5.41, 5.74) is 5.17. The van der Waals surface area contributed by atoms with Crippen LogP contribution in [0.1, 0.15) is 13.8 Å². The Hall–Kier alpha value is -1.11. The van der Waals surface area contributed by atoms with E-state index < -0.39 is 15.7 Å². The standard InChI is InChI=1S/C14H20FNO3S.ClH/c1-11(2)10-20(17,18)14-5-3-13(4-6-14)19-9-12(15)7-8-16;/h3-7,11H,8-10,16H2,1-2H3;1H. The van der Waals surface area contributed by atoms with E-state index >= 15 is 0 Å². The summed E-state index contributed by atoms with van der Waals surface area (Å²) in [7, 11) is -3.27. The molecular formula is C14H21ClFNO3S. The van der Waals surface area contributed by atoms with Crippen molar-refractivity contribution in [2.75, 3.05) is 18.9 Å². The first kappa shape index (κ1) is 19.9. The normalized spacial score (nSPS) is 12.1. The van der Waals surface area contributed by atoms with E-state index in [2.05, 4.69) is 0 Å². The Kier molecular flexibility index (Phi) is 8.54. The smallest absolute Gasteiger partial charge is 0.178 e. The largest absolute Gasteiger partial charge is 0.487 e. The topological polar surface area (TPSA) is 69.4 Å². The van der Waals surface area contributed by atoms with Crippen molar-refractivity contribution in [2.24, 2.45) is 11.7 Å². The number of rotatable bonds is 7. The van der Waals surface area contributed by atoms with Gasteiger partial charge in [-0.1, -0.05) is 13.8 Å². The summed E-state index contributed by atoms with van der Waals surface area (Å²) in [6, 6.07) is 5.97. The van der Waals surface area contributed by atoms with Crippen LogP contribution in [-0.4, -0.2) is 27.3 Å². The molecule has 0 bridgehead atoms. The zero-order valence-electron chi connectivity index (χ0n) is 12.1. The number of benzene rings is 1. The highest BCUT2D eigenvalue weighted by Crippen LogP contribution is 2.19. The van der Waals surface area contributed by atoms with Gasteiger partial charge in [0.25, 0.3) is 0 Å². The summed E-state index contributed by atoms with van der Waals surface area (Å²) < 4.78 is 42.2. The molecule has 2 N–H and O–H groups in total. The fraction of sp³-hybridized carbons (Fsp3) is 0.429. The number of nitrogens with two attached hydrogens (primary N) is 1. The van der Waals surface area contributed by atoms with Gasteiger partial charge < -0.3 is 10.5 Å². The quantitative estimate of drug-likeness (QED) is 0.830. The summed E-state index contributed by atoms with van der Waals surface area (Å²) in [6.45, 7) is 3.60. The van der Waals surface area contributed by atoms with Gasteiger partial charge in [-0.15, -0.1) is 12.4 Å². The molecule has 21 heavy (non-hydrogen) atoms. The monoisotopic (exact) mass is 337 g/mol. The third kappa shape index (κ3) is 6.93. The van der Waals surface area contributed by atoms with Gasteiger partial charge in [0.05, 0.1) is 10.6 Å². The van der Waals surface area contributed by atoms with E-state index in [4.69, 9.17) is 10.5 Å². The fourth-order valence-corrected chi connectivity index (χ4v) is 3.24. The maximum Gasteiger partial charge on any atom is 0.178 e. The van der Waals surface area contributed by atoms with Crippen molar-refractivity contribution in [2.45, 2.75) is 18.7 Å². The van der Waals surface area contributed by atoms with Crippen LogP contribution in [0.3, 0.4) is 0 Å². The molecule has 0 unspecified atom stereocenters. The molecule has 1 rings (SSSR count). The van der Waals surface area contributed by atoms with Gasteiger partial charge >= 0.3 is 0 Å². The maximum absolute atomic E-state index is 13.1. The second-order valence-corrected chi connectivity index (χ2v) is 6.86. The summed E-state index contributed by atoms with van der Waals surface area (Å²) in [5, 5.41) is 0. The molecule has 7 heteroatoms. The van der Waals surface area contributed by atoms with Crippen LogP contribution in [0.4, 0.5) is 4.39 Å². The Morgan fingerprint density at radius 1 is 1.33 bits per heavy atom. The van der Waals surface area contributed by atoms with Crippen LogP contribution in [0.5, 0.6) is 5.75 Å². The van der Waals surface area contributed by atoms with Crippen LogP contribution in [0.2, 0.25) is 0 Å². The molecule has 120 valence electrons. The first-order valence-electron chi connectivity index (χ1n) is 6.35. The van der Waals surface area contributed by atoms with Crippen molar-refractivity contribution in [3.8, 4) is 5.75 Å². The SMILES string of the molecule is CC(C)CS(=O)(=O)c1ccc(OCC(F)=CCN)cc1.Cl. The minimum atomic E-state index is -3.27. The number of halogens is 2. The lowest BCUT2D eigenvalue weighted by Gasteiger charge is -2.08. The Morgan fingerprint density at radius 3 is 2.38 bits per heavy atom. The molecule has 0 radical (unpaired) electrons. The van der Waals surface area contributed by atoms with Crippen molar-refractivity contribution in [1.82, 2.24) is 0 Å². The van der Waals surface area contributed by atoms with Gasteiger partial charge in [-0.05, 0) is 36.3 Å². The first-order chi connectivity index (χ1) is 9.35. The summed E-state index contributed by atoms with van der Waals surface area (Å²) >= 11 is 0. The molecule has 0 aliphatic carbocycles. The van der Waals surface area contributed by atoms with Gasteiger partial charge in [0.15, 0.2) is 9.84 Å². The van der Waals surface area contributed by atoms with Crippen LogP contribution in [0.25, 0.3) is 0 Å². The van der Waals surface area contributed by atoms with Crippen molar-refractivity contribution >= 4 is 22.2 Å². The van der Waals surface area contributed by atoms with Crippen molar-refractivity contribution < 1.29 is 17.5 Å². The second kappa shape index (κ2) is 9.02. The van der Waals surface area contributed by atoms with Crippen LogP contribution in [-0.2, 0) is 9.84 Å². The Balaban J connectivity index is 0.00000400. The Labute approximate surface area is 131 Å². The van der Waals surface area contributed by atoms with Gasteiger partial charge in [-0.2, -0.15) is 0 Å². The zero-order chi connectivity index (χ0) is 15.2. The number of sulfone groups is 1. The summed E-state index contributed by atoms with van der Waals surface area (Å²) in [5.74, 6) is 0.116. The molecule has 1 aromatic rings. The fourth-order valence-electron chi connectivity index (χ4n) is 1.62. The molecule has 0 saturated carbocycles. The minimum Gasteiger partial charge on any atom is -0.487 e. The van der Waals surface area contributed by atoms with E-state index in [1.807, 2.05) is 13.8 Å². The lowest BCUT2D eigenvalue weighted by molar-refractivity contribution is 0.318. The average Bonchev–Trinajstić information content (AvgIpc) is 2.36. The van der Waals surface area contributed by atoms with E-state index in [9.17, 15) is 12.8 Å². The van der Waals surface area contributed by atoms with Crippen molar-refractivity contribution in [1.29, 1.82) is 0 Å². The van der Waals surface area contributed by atoms with Gasteiger partial charge in [0.1, 0.15) is 18.2 Å². The second-order valence-electron chi connectivity index (χ2n) is 4.82. The predicted molar refractivity (Wildman–Crippen MR) is 84.3 cm³/mol. The van der Waals surface area contributed by atoms with Gasteiger partial charge in [0.2, 0.25) is 0 Å². The van der Waals surface area contributed by atoms with Crippen LogP contribution in [0.15, 0.2) is 41.1 Å². The molecule has 0 heterocycles.